The van der Waals surface area contributed by atoms with Crippen molar-refractivity contribution < 1.29 is 9.21 Å². The largest absolute Gasteiger partial charge is 0.450 e. The Labute approximate surface area is 184 Å². The van der Waals surface area contributed by atoms with Crippen LogP contribution in [0.25, 0.3) is 11.0 Å². The third-order valence-electron chi connectivity index (χ3n) is 5.98. The number of fused-ring (bicyclic) bond motifs is 2. The second-order valence-corrected chi connectivity index (χ2v) is 8.51. The van der Waals surface area contributed by atoms with E-state index in [0.717, 1.165) is 27.9 Å². The van der Waals surface area contributed by atoms with Gasteiger partial charge in [-0.2, -0.15) is 0 Å². The number of hydrogen-bond donors (Lipinski definition) is 0. The van der Waals surface area contributed by atoms with Crippen molar-refractivity contribution in [2.24, 2.45) is 0 Å². The lowest BCUT2D eigenvalue weighted by molar-refractivity contribution is 0.0971. The van der Waals surface area contributed by atoms with Crippen LogP contribution >= 0.6 is 11.6 Å². The topological polar surface area (TPSA) is 50.5 Å². The monoisotopic (exact) mass is 429 g/mol. The fraction of sp³-hybridized carbons (Fsp3) is 0.154. The van der Waals surface area contributed by atoms with Crippen LogP contribution < -0.4 is 10.3 Å². The van der Waals surface area contributed by atoms with Crippen molar-refractivity contribution in [1.82, 2.24) is 0 Å². The summed E-state index contributed by atoms with van der Waals surface area (Å²) >= 11 is 6.10. The smallest absolute Gasteiger partial charge is 0.295 e. The van der Waals surface area contributed by atoms with Gasteiger partial charge in [0.1, 0.15) is 5.58 Å². The number of rotatable bonds is 2. The van der Waals surface area contributed by atoms with E-state index in [1.54, 1.807) is 23.1 Å². The predicted molar refractivity (Wildman–Crippen MR) is 123 cm³/mol. The quantitative estimate of drug-likeness (QED) is 0.385. The molecule has 0 fully saturated rings. The summed E-state index contributed by atoms with van der Waals surface area (Å²) in [6.45, 7) is 5.95. The first-order valence-electron chi connectivity index (χ1n) is 10.1. The van der Waals surface area contributed by atoms with Gasteiger partial charge < -0.3 is 4.42 Å². The summed E-state index contributed by atoms with van der Waals surface area (Å²) < 4.78 is 6.02. The summed E-state index contributed by atoms with van der Waals surface area (Å²) in [6, 6.07) is 17.9. The first-order chi connectivity index (χ1) is 14.8. The van der Waals surface area contributed by atoms with Gasteiger partial charge in [0, 0.05) is 10.7 Å². The number of hydrogen-bond acceptors (Lipinski definition) is 3. The molecule has 31 heavy (non-hydrogen) atoms. The molecule has 1 aromatic heterocycles. The van der Waals surface area contributed by atoms with E-state index in [0.29, 0.717) is 21.6 Å². The fourth-order valence-electron chi connectivity index (χ4n) is 4.19. The number of carbonyl (C=O) groups excluding carboxylic acids is 1. The lowest BCUT2D eigenvalue weighted by Gasteiger charge is -2.26. The van der Waals surface area contributed by atoms with Crippen molar-refractivity contribution >= 4 is 34.2 Å². The molecule has 1 aliphatic heterocycles. The van der Waals surface area contributed by atoms with E-state index in [-0.39, 0.29) is 17.1 Å². The third kappa shape index (κ3) is 3.06. The second-order valence-electron chi connectivity index (χ2n) is 8.07. The van der Waals surface area contributed by atoms with Crippen LogP contribution in [-0.4, -0.2) is 5.91 Å². The molecule has 4 aromatic rings. The summed E-state index contributed by atoms with van der Waals surface area (Å²) in [4.78, 5) is 28.8. The van der Waals surface area contributed by atoms with E-state index in [9.17, 15) is 9.59 Å². The molecule has 2 heterocycles. The summed E-state index contributed by atoms with van der Waals surface area (Å²) in [5, 5.41) is 1.07. The van der Waals surface area contributed by atoms with Crippen molar-refractivity contribution in [1.29, 1.82) is 0 Å². The molecular weight excluding hydrogens is 410 g/mol. The zero-order chi connectivity index (χ0) is 21.9. The lowest BCUT2D eigenvalue weighted by Crippen LogP contribution is -2.29. The molecule has 0 saturated heterocycles. The minimum Gasteiger partial charge on any atom is -0.450 e. The number of anilines is 1. The first-order valence-corrected chi connectivity index (χ1v) is 10.5. The summed E-state index contributed by atoms with van der Waals surface area (Å²) in [5.74, 6) is -0.225. The van der Waals surface area contributed by atoms with Crippen molar-refractivity contribution in [2.75, 3.05) is 4.90 Å². The molecule has 5 rings (SSSR count). The maximum absolute atomic E-state index is 13.6. The Morgan fingerprint density at radius 1 is 0.871 bits per heavy atom. The number of benzene rings is 3. The highest BCUT2D eigenvalue weighted by Crippen LogP contribution is 2.41. The highest BCUT2D eigenvalue weighted by Gasteiger charge is 2.43. The average Bonchev–Trinajstić information content (AvgIpc) is 3.04. The molecule has 0 N–H and O–H groups in total. The van der Waals surface area contributed by atoms with Crippen LogP contribution in [0.4, 0.5) is 5.69 Å². The van der Waals surface area contributed by atoms with Crippen molar-refractivity contribution in [3.05, 3.63) is 109 Å². The van der Waals surface area contributed by atoms with Crippen LogP contribution in [0.1, 0.15) is 44.4 Å². The molecule has 5 heteroatoms. The van der Waals surface area contributed by atoms with Gasteiger partial charge in [0.2, 0.25) is 5.76 Å². The van der Waals surface area contributed by atoms with Crippen molar-refractivity contribution in [3.8, 4) is 0 Å². The molecular formula is C26H20ClNO3. The second kappa shape index (κ2) is 7.10. The molecule has 0 bridgehead atoms. The van der Waals surface area contributed by atoms with E-state index in [1.165, 1.54) is 0 Å². The normalized spacial score (nSPS) is 15.5. The van der Waals surface area contributed by atoms with Crippen LogP contribution in [0.5, 0.6) is 0 Å². The third-order valence-corrected chi connectivity index (χ3v) is 6.23. The highest BCUT2D eigenvalue weighted by molar-refractivity contribution is 6.30. The summed E-state index contributed by atoms with van der Waals surface area (Å²) in [7, 11) is 0. The Morgan fingerprint density at radius 3 is 2.32 bits per heavy atom. The van der Waals surface area contributed by atoms with E-state index in [1.807, 2.05) is 63.2 Å². The standard InChI is InChI=1S/C26H20ClNO3/c1-14-4-11-21-20(12-14)24(29)22-23(17-6-8-18(27)9-7-17)28(26(30)25(22)31-21)19-10-5-15(2)16(3)13-19/h4-13,23H,1-3H3. The Bertz CT molecular complexity index is 1420. The van der Waals surface area contributed by atoms with Crippen LogP contribution in [0.3, 0.4) is 0 Å². The molecule has 1 amide bonds. The highest BCUT2D eigenvalue weighted by atomic mass is 35.5. The molecule has 0 aliphatic carbocycles. The van der Waals surface area contributed by atoms with E-state index < -0.39 is 6.04 Å². The van der Waals surface area contributed by atoms with Crippen LogP contribution in [0.2, 0.25) is 5.02 Å². The van der Waals surface area contributed by atoms with Gasteiger partial charge in [0.15, 0.2) is 5.43 Å². The zero-order valence-electron chi connectivity index (χ0n) is 17.4. The predicted octanol–water partition coefficient (Wildman–Crippen LogP) is 6.12. The van der Waals surface area contributed by atoms with Gasteiger partial charge in [-0.15, -0.1) is 0 Å². The molecule has 4 nitrogen and oxygen atoms in total. The fourth-order valence-corrected chi connectivity index (χ4v) is 4.31. The lowest BCUT2D eigenvalue weighted by atomic mass is 9.97. The Balaban J connectivity index is 1.82. The molecule has 1 atom stereocenters. The zero-order valence-corrected chi connectivity index (χ0v) is 18.2. The number of aryl methyl sites for hydroxylation is 3. The van der Waals surface area contributed by atoms with Gasteiger partial charge >= 0.3 is 0 Å². The Kier molecular flexibility index (Phi) is 4.49. The summed E-state index contributed by atoms with van der Waals surface area (Å²) in [5.41, 5.74) is 5.27. The average molecular weight is 430 g/mol. The van der Waals surface area contributed by atoms with Gasteiger partial charge in [-0.3, -0.25) is 14.5 Å². The minimum atomic E-state index is -0.594. The Hall–Kier alpha value is -3.37. The van der Waals surface area contributed by atoms with Crippen molar-refractivity contribution in [3.63, 3.8) is 0 Å². The van der Waals surface area contributed by atoms with Crippen LogP contribution in [0.15, 0.2) is 69.9 Å². The molecule has 1 aliphatic rings. The SMILES string of the molecule is Cc1ccc2oc3c(c(=O)c2c1)C(c1ccc(Cl)cc1)N(c1ccc(C)c(C)c1)C3=O. The van der Waals surface area contributed by atoms with Gasteiger partial charge in [-0.05, 0) is 73.9 Å². The molecule has 0 spiro atoms. The molecule has 0 radical (unpaired) electrons. The number of carbonyl (C=O) groups is 1. The molecule has 3 aromatic carbocycles. The van der Waals surface area contributed by atoms with E-state index in [2.05, 4.69) is 0 Å². The maximum atomic E-state index is 13.6. The van der Waals surface area contributed by atoms with Gasteiger partial charge in [0.05, 0.1) is 17.0 Å². The number of amides is 1. The molecule has 0 saturated carbocycles. The maximum Gasteiger partial charge on any atom is 0.295 e. The first kappa shape index (κ1) is 19.6. The van der Waals surface area contributed by atoms with Gasteiger partial charge in [-0.25, -0.2) is 0 Å². The Morgan fingerprint density at radius 2 is 1.61 bits per heavy atom. The van der Waals surface area contributed by atoms with Gasteiger partial charge in [0.25, 0.3) is 5.91 Å². The molecule has 1 unspecified atom stereocenters. The van der Waals surface area contributed by atoms with Gasteiger partial charge in [-0.1, -0.05) is 41.4 Å². The molecule has 154 valence electrons. The van der Waals surface area contributed by atoms with E-state index in [4.69, 9.17) is 16.0 Å². The number of halogens is 1. The van der Waals surface area contributed by atoms with Crippen molar-refractivity contribution in [2.45, 2.75) is 26.8 Å². The van der Waals surface area contributed by atoms with E-state index >= 15 is 0 Å². The minimum absolute atomic E-state index is 0.0968. The van der Waals surface area contributed by atoms with Crippen LogP contribution in [-0.2, 0) is 0 Å². The number of nitrogens with zero attached hydrogens (tertiary/aromatic N) is 1. The summed E-state index contributed by atoms with van der Waals surface area (Å²) in [6.07, 6.45) is 0. The van der Waals surface area contributed by atoms with Crippen LogP contribution in [0, 0.1) is 20.8 Å².